The minimum absolute atomic E-state index is 0.0815. The molecular formula is C12H21NO3. The Labute approximate surface area is 96.6 Å². The van der Waals surface area contributed by atoms with Gasteiger partial charge in [0.1, 0.15) is 12.6 Å². The molecular weight excluding hydrogens is 206 g/mol. The number of carbonyl (C=O) groups is 2. The van der Waals surface area contributed by atoms with Gasteiger partial charge in [0.2, 0.25) is 0 Å². The van der Waals surface area contributed by atoms with Crippen LogP contribution in [0.5, 0.6) is 0 Å². The van der Waals surface area contributed by atoms with E-state index in [9.17, 15) is 14.8 Å². The molecule has 0 aromatic rings. The molecule has 0 saturated heterocycles. The van der Waals surface area contributed by atoms with Crippen molar-refractivity contribution < 1.29 is 14.8 Å². The van der Waals surface area contributed by atoms with E-state index in [1.807, 2.05) is 0 Å². The maximum Gasteiger partial charge on any atom is 0.139 e. The molecule has 0 radical (unpaired) electrons. The highest BCUT2D eigenvalue weighted by atomic mass is 16.5. The van der Waals surface area contributed by atoms with Crippen LogP contribution in [-0.2, 0) is 9.59 Å². The first-order valence-electron chi connectivity index (χ1n) is 6.05. The van der Waals surface area contributed by atoms with Gasteiger partial charge in [0, 0.05) is 12.5 Å². The number of rotatable bonds is 6. The molecule has 1 aliphatic carbocycles. The van der Waals surface area contributed by atoms with Crippen LogP contribution >= 0.6 is 0 Å². The van der Waals surface area contributed by atoms with E-state index in [2.05, 4.69) is 6.92 Å². The van der Waals surface area contributed by atoms with E-state index in [1.165, 1.54) is 5.06 Å². The molecule has 1 N–H and O–H groups in total. The predicted molar refractivity (Wildman–Crippen MR) is 60.2 cm³/mol. The van der Waals surface area contributed by atoms with Gasteiger partial charge in [-0.3, -0.25) is 0 Å². The van der Waals surface area contributed by atoms with Gasteiger partial charge >= 0.3 is 0 Å². The van der Waals surface area contributed by atoms with Crippen molar-refractivity contribution in [2.45, 2.75) is 57.5 Å². The minimum atomic E-state index is -0.524. The first kappa shape index (κ1) is 13.3. The summed E-state index contributed by atoms with van der Waals surface area (Å²) < 4.78 is 0. The maximum absolute atomic E-state index is 10.8. The van der Waals surface area contributed by atoms with Crippen LogP contribution in [0.2, 0.25) is 0 Å². The first-order valence-corrected chi connectivity index (χ1v) is 6.05. The number of nitrogens with zero attached hydrogens (tertiary/aromatic N) is 1. The second kappa shape index (κ2) is 6.76. The molecule has 0 bridgehead atoms. The summed E-state index contributed by atoms with van der Waals surface area (Å²) in [5, 5.41) is 11.1. The fourth-order valence-electron chi connectivity index (χ4n) is 2.28. The van der Waals surface area contributed by atoms with Gasteiger partial charge in [0.05, 0.1) is 6.04 Å². The summed E-state index contributed by atoms with van der Waals surface area (Å²) in [4.78, 5) is 21.1. The van der Waals surface area contributed by atoms with Gasteiger partial charge < -0.3 is 14.8 Å². The summed E-state index contributed by atoms with van der Waals surface area (Å²) in [7, 11) is 0. The van der Waals surface area contributed by atoms with Crippen LogP contribution in [0.3, 0.4) is 0 Å². The third kappa shape index (κ3) is 3.68. The molecule has 1 aliphatic rings. The Kier molecular flexibility index (Phi) is 5.63. The maximum atomic E-state index is 10.8. The van der Waals surface area contributed by atoms with Gasteiger partial charge in [-0.05, 0) is 38.0 Å². The summed E-state index contributed by atoms with van der Waals surface area (Å²) in [6.07, 6.45) is 6.32. The quantitative estimate of drug-likeness (QED) is 0.555. The molecule has 1 atom stereocenters. The standard InChI is InChI=1S/C12H21NO3/c1-10-4-6-11(7-5-10)13(16)12(9-15)3-2-8-14/h8-12,16H,2-7H2,1H3/t10?,11?,12-/m1/s1. The highest BCUT2D eigenvalue weighted by Crippen LogP contribution is 2.27. The highest BCUT2D eigenvalue weighted by Gasteiger charge is 2.27. The van der Waals surface area contributed by atoms with Crippen molar-refractivity contribution in [3.63, 3.8) is 0 Å². The van der Waals surface area contributed by atoms with E-state index >= 15 is 0 Å². The molecule has 4 nitrogen and oxygen atoms in total. The van der Waals surface area contributed by atoms with E-state index in [1.54, 1.807) is 0 Å². The van der Waals surface area contributed by atoms with Gasteiger partial charge in [-0.2, -0.15) is 5.06 Å². The molecule has 1 saturated carbocycles. The Bertz CT molecular complexity index is 224. The summed E-state index contributed by atoms with van der Waals surface area (Å²) in [6.45, 7) is 2.21. The molecule has 0 amide bonds. The zero-order valence-corrected chi connectivity index (χ0v) is 9.84. The number of aldehydes is 2. The van der Waals surface area contributed by atoms with Gasteiger partial charge in [-0.25, -0.2) is 0 Å². The zero-order valence-electron chi connectivity index (χ0n) is 9.84. The Hall–Kier alpha value is -0.740. The summed E-state index contributed by atoms with van der Waals surface area (Å²) in [5.74, 6) is 0.717. The van der Waals surface area contributed by atoms with Crippen molar-refractivity contribution in [2.24, 2.45) is 5.92 Å². The Balaban J connectivity index is 2.43. The SMILES string of the molecule is CC1CCC(N(O)[C@@H](C=O)CCC=O)CC1. The van der Waals surface area contributed by atoms with Crippen LogP contribution in [0.1, 0.15) is 45.4 Å². The van der Waals surface area contributed by atoms with Gasteiger partial charge in [0.25, 0.3) is 0 Å². The van der Waals surface area contributed by atoms with E-state index in [0.717, 1.165) is 38.3 Å². The third-order valence-electron chi connectivity index (χ3n) is 3.44. The molecule has 0 aromatic heterocycles. The van der Waals surface area contributed by atoms with Gasteiger partial charge in [-0.15, -0.1) is 0 Å². The van der Waals surface area contributed by atoms with Crippen LogP contribution in [0, 0.1) is 5.92 Å². The zero-order chi connectivity index (χ0) is 12.0. The average molecular weight is 227 g/mol. The predicted octanol–water partition coefficient (Wildman–Crippen LogP) is 1.80. The summed E-state index contributed by atoms with van der Waals surface area (Å²) >= 11 is 0. The monoisotopic (exact) mass is 227 g/mol. The Morgan fingerprint density at radius 1 is 1.31 bits per heavy atom. The molecule has 0 aromatic carbocycles. The molecule has 16 heavy (non-hydrogen) atoms. The Morgan fingerprint density at radius 3 is 2.44 bits per heavy atom. The van der Waals surface area contributed by atoms with Crippen molar-refractivity contribution in [1.82, 2.24) is 5.06 Å². The van der Waals surface area contributed by atoms with E-state index in [0.29, 0.717) is 18.8 Å². The van der Waals surface area contributed by atoms with E-state index in [-0.39, 0.29) is 6.04 Å². The van der Waals surface area contributed by atoms with Crippen LogP contribution in [0.15, 0.2) is 0 Å². The molecule has 1 fully saturated rings. The van der Waals surface area contributed by atoms with Crippen molar-refractivity contribution in [2.75, 3.05) is 0 Å². The average Bonchev–Trinajstić information content (AvgIpc) is 2.30. The second-order valence-electron chi connectivity index (χ2n) is 4.74. The third-order valence-corrected chi connectivity index (χ3v) is 3.44. The minimum Gasteiger partial charge on any atom is -0.313 e. The molecule has 0 heterocycles. The van der Waals surface area contributed by atoms with Crippen molar-refractivity contribution >= 4 is 12.6 Å². The smallest absolute Gasteiger partial charge is 0.139 e. The van der Waals surface area contributed by atoms with Crippen molar-refractivity contribution in [1.29, 1.82) is 0 Å². The summed E-state index contributed by atoms with van der Waals surface area (Å²) in [6, 6.07) is -0.443. The van der Waals surface area contributed by atoms with Crippen LogP contribution in [0.4, 0.5) is 0 Å². The second-order valence-corrected chi connectivity index (χ2v) is 4.74. The van der Waals surface area contributed by atoms with Crippen LogP contribution < -0.4 is 0 Å². The summed E-state index contributed by atoms with van der Waals surface area (Å²) in [5.41, 5.74) is 0. The molecule has 4 heteroatoms. The number of hydrogen-bond donors (Lipinski definition) is 1. The van der Waals surface area contributed by atoms with Crippen LogP contribution in [-0.4, -0.2) is 34.9 Å². The highest BCUT2D eigenvalue weighted by molar-refractivity contribution is 5.59. The van der Waals surface area contributed by atoms with E-state index < -0.39 is 6.04 Å². The number of carbonyl (C=O) groups excluding carboxylic acids is 2. The molecule has 92 valence electrons. The normalized spacial score (nSPS) is 27.7. The molecule has 1 rings (SSSR count). The largest absolute Gasteiger partial charge is 0.313 e. The lowest BCUT2D eigenvalue weighted by Crippen LogP contribution is -2.43. The van der Waals surface area contributed by atoms with E-state index in [4.69, 9.17) is 0 Å². The first-order chi connectivity index (χ1) is 7.69. The van der Waals surface area contributed by atoms with Gasteiger partial charge in [-0.1, -0.05) is 6.92 Å². The van der Waals surface area contributed by atoms with Crippen molar-refractivity contribution in [3.05, 3.63) is 0 Å². The number of hydroxylamine groups is 2. The fraction of sp³-hybridized carbons (Fsp3) is 0.833. The Morgan fingerprint density at radius 2 is 1.94 bits per heavy atom. The lowest BCUT2D eigenvalue weighted by molar-refractivity contribution is -0.171. The lowest BCUT2D eigenvalue weighted by Gasteiger charge is -2.34. The fourth-order valence-corrected chi connectivity index (χ4v) is 2.28. The number of hydrogen-bond acceptors (Lipinski definition) is 4. The topological polar surface area (TPSA) is 57.6 Å². The molecule has 0 unspecified atom stereocenters. The molecule has 0 spiro atoms. The van der Waals surface area contributed by atoms with Crippen molar-refractivity contribution in [3.8, 4) is 0 Å². The lowest BCUT2D eigenvalue weighted by atomic mass is 9.87. The van der Waals surface area contributed by atoms with Gasteiger partial charge in [0.15, 0.2) is 0 Å². The molecule has 0 aliphatic heterocycles. The van der Waals surface area contributed by atoms with Crippen LogP contribution in [0.25, 0.3) is 0 Å².